The van der Waals surface area contributed by atoms with E-state index >= 15 is 0 Å². The minimum atomic E-state index is -0.149. The molecule has 0 aliphatic carbocycles. The molecule has 2 aromatic rings. The Hall–Kier alpha value is -3.39. The van der Waals surface area contributed by atoms with Crippen molar-refractivity contribution in [2.45, 2.75) is 32.7 Å². The highest BCUT2D eigenvalue weighted by Crippen LogP contribution is 2.23. The van der Waals surface area contributed by atoms with Gasteiger partial charge in [0.2, 0.25) is 5.91 Å². The molecule has 0 aromatic heterocycles. The second-order valence-corrected chi connectivity index (χ2v) is 7.04. The second-order valence-electron chi connectivity index (χ2n) is 7.04. The Labute approximate surface area is 165 Å². The van der Waals surface area contributed by atoms with E-state index in [4.69, 9.17) is 5.26 Å². The maximum Gasteiger partial charge on any atom is 0.251 e. The summed E-state index contributed by atoms with van der Waals surface area (Å²) in [7, 11) is 0. The summed E-state index contributed by atoms with van der Waals surface area (Å²) < 4.78 is 0. The molecule has 1 saturated heterocycles. The number of benzene rings is 2. The van der Waals surface area contributed by atoms with Gasteiger partial charge in [0.25, 0.3) is 5.91 Å². The molecule has 5 nitrogen and oxygen atoms in total. The maximum absolute atomic E-state index is 12.8. The van der Waals surface area contributed by atoms with Crippen molar-refractivity contribution in [3.05, 3.63) is 65.7 Å². The standard InChI is InChI=1S/C23H23N3O2/c1-17(2)26(21-6-3-5-19(15-21)16-24)23(28)13-10-18-8-11-20(12-9-18)25-14-4-7-22(25)27/h3,5-6,8-13,15,17H,4,7,14H2,1-2H3. The molecule has 0 radical (unpaired) electrons. The van der Waals surface area contributed by atoms with E-state index in [1.807, 2.05) is 44.2 Å². The Morgan fingerprint density at radius 3 is 2.57 bits per heavy atom. The van der Waals surface area contributed by atoms with Crippen LogP contribution in [0.1, 0.15) is 37.8 Å². The van der Waals surface area contributed by atoms with Crippen LogP contribution in [0.2, 0.25) is 0 Å². The van der Waals surface area contributed by atoms with Gasteiger partial charge in [-0.2, -0.15) is 5.26 Å². The van der Waals surface area contributed by atoms with Crippen molar-refractivity contribution in [1.82, 2.24) is 0 Å². The summed E-state index contributed by atoms with van der Waals surface area (Å²) in [5, 5.41) is 9.10. The highest BCUT2D eigenvalue weighted by molar-refractivity contribution is 6.04. The molecule has 3 rings (SSSR count). The van der Waals surface area contributed by atoms with Crippen LogP contribution >= 0.6 is 0 Å². The van der Waals surface area contributed by atoms with Gasteiger partial charge in [-0.25, -0.2) is 0 Å². The van der Waals surface area contributed by atoms with Crippen LogP contribution in [-0.4, -0.2) is 24.4 Å². The van der Waals surface area contributed by atoms with Gasteiger partial charge in [-0.05, 0) is 62.2 Å². The van der Waals surface area contributed by atoms with Gasteiger partial charge >= 0.3 is 0 Å². The first-order valence-electron chi connectivity index (χ1n) is 9.41. The Bertz CT molecular complexity index is 939. The van der Waals surface area contributed by atoms with Crippen LogP contribution in [0.4, 0.5) is 11.4 Å². The van der Waals surface area contributed by atoms with E-state index in [1.54, 1.807) is 34.1 Å². The molecule has 2 aromatic carbocycles. The molecule has 0 N–H and O–H groups in total. The van der Waals surface area contributed by atoms with E-state index < -0.39 is 0 Å². The normalized spacial score (nSPS) is 13.9. The first kappa shape index (κ1) is 19.4. The predicted octanol–water partition coefficient (Wildman–Crippen LogP) is 4.14. The molecule has 28 heavy (non-hydrogen) atoms. The van der Waals surface area contributed by atoms with Crippen LogP contribution in [0.3, 0.4) is 0 Å². The summed E-state index contributed by atoms with van der Waals surface area (Å²) in [5.41, 5.74) is 3.00. The Kier molecular flexibility index (Phi) is 5.90. The van der Waals surface area contributed by atoms with E-state index in [2.05, 4.69) is 6.07 Å². The molecule has 1 aliphatic rings. The Morgan fingerprint density at radius 2 is 1.96 bits per heavy atom. The summed E-state index contributed by atoms with van der Waals surface area (Å²) in [6.45, 7) is 4.64. The highest BCUT2D eigenvalue weighted by atomic mass is 16.2. The maximum atomic E-state index is 12.8. The van der Waals surface area contributed by atoms with E-state index in [0.29, 0.717) is 17.7 Å². The third-order valence-electron chi connectivity index (χ3n) is 4.70. The van der Waals surface area contributed by atoms with E-state index in [1.165, 1.54) is 6.08 Å². The quantitative estimate of drug-likeness (QED) is 0.740. The SMILES string of the molecule is CC(C)N(C(=O)C=Cc1ccc(N2CCCC2=O)cc1)c1cccc(C#N)c1. The van der Waals surface area contributed by atoms with Crippen molar-refractivity contribution >= 4 is 29.3 Å². The fourth-order valence-electron chi connectivity index (χ4n) is 3.34. The number of hydrogen-bond acceptors (Lipinski definition) is 3. The van der Waals surface area contributed by atoms with E-state index in [-0.39, 0.29) is 17.9 Å². The lowest BCUT2D eigenvalue weighted by Gasteiger charge is -2.25. The molecule has 0 atom stereocenters. The van der Waals surface area contributed by atoms with Crippen LogP contribution in [-0.2, 0) is 9.59 Å². The predicted molar refractivity (Wildman–Crippen MR) is 111 cm³/mol. The fraction of sp³-hybridized carbons (Fsp3) is 0.261. The minimum Gasteiger partial charge on any atom is -0.312 e. The molecular weight excluding hydrogens is 350 g/mol. The van der Waals surface area contributed by atoms with E-state index in [0.717, 1.165) is 24.2 Å². The second kappa shape index (κ2) is 8.53. The number of amides is 2. The summed E-state index contributed by atoms with van der Waals surface area (Å²) in [6, 6.07) is 16.7. The number of hydrogen-bond donors (Lipinski definition) is 0. The third-order valence-corrected chi connectivity index (χ3v) is 4.70. The number of carbonyl (C=O) groups is 2. The molecule has 142 valence electrons. The molecule has 2 amide bonds. The van der Waals surface area contributed by atoms with Gasteiger partial charge in [0.05, 0.1) is 11.6 Å². The monoisotopic (exact) mass is 373 g/mol. The average Bonchev–Trinajstić information content (AvgIpc) is 3.12. The lowest BCUT2D eigenvalue weighted by atomic mass is 10.1. The first-order chi connectivity index (χ1) is 13.5. The molecule has 5 heteroatoms. The van der Waals surface area contributed by atoms with Gasteiger partial charge in [0.15, 0.2) is 0 Å². The van der Waals surface area contributed by atoms with Gasteiger partial charge < -0.3 is 9.80 Å². The fourth-order valence-corrected chi connectivity index (χ4v) is 3.34. The van der Waals surface area contributed by atoms with Gasteiger partial charge in [-0.3, -0.25) is 9.59 Å². The zero-order valence-corrected chi connectivity index (χ0v) is 16.1. The van der Waals surface area contributed by atoms with Crippen LogP contribution in [0.25, 0.3) is 6.08 Å². The van der Waals surface area contributed by atoms with Gasteiger partial charge in [0.1, 0.15) is 0 Å². The molecule has 1 heterocycles. The lowest BCUT2D eigenvalue weighted by Crippen LogP contribution is -2.35. The molecular formula is C23H23N3O2. The van der Waals surface area contributed by atoms with Gasteiger partial charge in [-0.15, -0.1) is 0 Å². The largest absolute Gasteiger partial charge is 0.312 e. The van der Waals surface area contributed by atoms with Crippen LogP contribution in [0.5, 0.6) is 0 Å². The lowest BCUT2D eigenvalue weighted by molar-refractivity contribution is -0.117. The topological polar surface area (TPSA) is 64.4 Å². The smallest absolute Gasteiger partial charge is 0.251 e. The van der Waals surface area contributed by atoms with Crippen molar-refractivity contribution in [3.8, 4) is 6.07 Å². The van der Waals surface area contributed by atoms with Crippen LogP contribution in [0.15, 0.2) is 54.6 Å². The van der Waals surface area contributed by atoms with Crippen molar-refractivity contribution in [1.29, 1.82) is 5.26 Å². The summed E-state index contributed by atoms with van der Waals surface area (Å²) in [4.78, 5) is 28.1. The Morgan fingerprint density at radius 1 is 1.21 bits per heavy atom. The summed E-state index contributed by atoms with van der Waals surface area (Å²) >= 11 is 0. The summed E-state index contributed by atoms with van der Waals surface area (Å²) in [5.74, 6) is 0.00883. The molecule has 1 fully saturated rings. The zero-order valence-electron chi connectivity index (χ0n) is 16.1. The molecule has 1 aliphatic heterocycles. The first-order valence-corrected chi connectivity index (χ1v) is 9.41. The van der Waals surface area contributed by atoms with Crippen molar-refractivity contribution in [2.75, 3.05) is 16.3 Å². The number of rotatable bonds is 5. The number of anilines is 2. The van der Waals surface area contributed by atoms with Gasteiger partial charge in [0, 0.05) is 36.5 Å². The third kappa shape index (κ3) is 4.29. The van der Waals surface area contributed by atoms with Crippen molar-refractivity contribution in [2.24, 2.45) is 0 Å². The number of nitriles is 1. The number of carbonyl (C=O) groups excluding carboxylic acids is 2. The van der Waals surface area contributed by atoms with E-state index in [9.17, 15) is 9.59 Å². The molecule has 0 saturated carbocycles. The minimum absolute atomic E-state index is 0.0466. The molecule has 0 spiro atoms. The summed E-state index contributed by atoms with van der Waals surface area (Å²) in [6.07, 6.45) is 4.80. The van der Waals surface area contributed by atoms with Gasteiger partial charge in [-0.1, -0.05) is 18.2 Å². The van der Waals surface area contributed by atoms with Crippen LogP contribution in [0, 0.1) is 11.3 Å². The average molecular weight is 373 g/mol. The molecule has 0 bridgehead atoms. The highest BCUT2D eigenvalue weighted by Gasteiger charge is 2.21. The zero-order chi connectivity index (χ0) is 20.1. The number of nitrogens with zero attached hydrogens (tertiary/aromatic N) is 3. The Balaban J connectivity index is 1.75. The van der Waals surface area contributed by atoms with Crippen molar-refractivity contribution in [3.63, 3.8) is 0 Å². The van der Waals surface area contributed by atoms with Crippen LogP contribution < -0.4 is 9.80 Å². The van der Waals surface area contributed by atoms with Crippen molar-refractivity contribution < 1.29 is 9.59 Å². The molecule has 0 unspecified atom stereocenters.